The molecule has 0 saturated heterocycles. The van der Waals surface area contributed by atoms with E-state index in [-0.39, 0.29) is 12.4 Å². The average Bonchev–Trinajstić information content (AvgIpc) is 2.02. The van der Waals surface area contributed by atoms with Crippen molar-refractivity contribution in [1.82, 2.24) is 5.32 Å². The Morgan fingerprint density at radius 2 is 2.15 bits per heavy atom. The van der Waals surface area contributed by atoms with Gasteiger partial charge in [0.1, 0.15) is 5.82 Å². The molecule has 3 nitrogen and oxygen atoms in total. The van der Waals surface area contributed by atoms with Crippen molar-refractivity contribution in [2.24, 2.45) is 10.7 Å². The summed E-state index contributed by atoms with van der Waals surface area (Å²) in [4.78, 5) is 3.35. The molecule has 74 valence electrons. The Bertz CT molecular complexity index is 265. The van der Waals surface area contributed by atoms with Crippen LogP contribution in [0.2, 0.25) is 0 Å². The molecule has 3 N–H and O–H groups in total. The monoisotopic (exact) mass is 193 g/mol. The van der Waals surface area contributed by atoms with Crippen LogP contribution in [0.3, 0.4) is 0 Å². The predicted octanol–water partition coefficient (Wildman–Crippen LogP) is 1.13. The highest BCUT2D eigenvalue weighted by atomic mass is 19.4. The zero-order chi connectivity index (χ0) is 10.1. The molecule has 0 atom stereocenters. The molecule has 6 heteroatoms. The van der Waals surface area contributed by atoms with Crippen LogP contribution in [0.15, 0.2) is 16.4 Å². The van der Waals surface area contributed by atoms with Gasteiger partial charge in [-0.1, -0.05) is 6.92 Å². The SMILES string of the molecule is CCC1=C(N)NC(C(F)(F)F)=NC1. The first-order chi connectivity index (χ1) is 5.95. The number of alkyl halides is 3. The van der Waals surface area contributed by atoms with Crippen LogP contribution in [0.25, 0.3) is 0 Å². The van der Waals surface area contributed by atoms with Gasteiger partial charge in [0.2, 0.25) is 5.84 Å². The van der Waals surface area contributed by atoms with E-state index < -0.39 is 12.0 Å². The van der Waals surface area contributed by atoms with E-state index in [1.54, 1.807) is 0 Å². The van der Waals surface area contributed by atoms with Gasteiger partial charge in [-0.25, -0.2) is 0 Å². The molecule has 0 aromatic rings. The van der Waals surface area contributed by atoms with Crippen molar-refractivity contribution in [3.05, 3.63) is 11.4 Å². The van der Waals surface area contributed by atoms with Crippen molar-refractivity contribution in [2.75, 3.05) is 6.54 Å². The number of aliphatic imine (C=N–C) groups is 1. The van der Waals surface area contributed by atoms with Gasteiger partial charge in [0.15, 0.2) is 0 Å². The first-order valence-corrected chi connectivity index (χ1v) is 3.81. The maximum atomic E-state index is 12.1. The molecule has 1 rings (SSSR count). The van der Waals surface area contributed by atoms with Crippen LogP contribution in [0.5, 0.6) is 0 Å². The molecule has 0 aromatic heterocycles. The Morgan fingerprint density at radius 3 is 2.54 bits per heavy atom. The number of rotatable bonds is 1. The maximum absolute atomic E-state index is 12.1. The minimum atomic E-state index is -4.44. The highest BCUT2D eigenvalue weighted by Gasteiger charge is 2.37. The van der Waals surface area contributed by atoms with Gasteiger partial charge in [-0.2, -0.15) is 13.2 Å². The summed E-state index contributed by atoms with van der Waals surface area (Å²) in [6, 6.07) is 0. The van der Waals surface area contributed by atoms with E-state index in [4.69, 9.17) is 5.73 Å². The molecule has 13 heavy (non-hydrogen) atoms. The highest BCUT2D eigenvalue weighted by Crippen LogP contribution is 2.19. The zero-order valence-electron chi connectivity index (χ0n) is 7.07. The third-order valence-corrected chi connectivity index (χ3v) is 1.76. The standard InChI is InChI=1S/C7H10F3N3/c1-2-4-3-12-6(7(8,9)10)13-5(4)11/h2-3,11H2,1H3,(H,12,13). The molecule has 0 spiro atoms. The van der Waals surface area contributed by atoms with Crippen LogP contribution < -0.4 is 11.1 Å². The predicted molar refractivity (Wildman–Crippen MR) is 43.0 cm³/mol. The van der Waals surface area contributed by atoms with Gasteiger partial charge in [-0.15, -0.1) is 0 Å². The number of hydrogen-bond donors (Lipinski definition) is 2. The quantitative estimate of drug-likeness (QED) is 0.655. The number of nitrogens with zero attached hydrogens (tertiary/aromatic N) is 1. The van der Waals surface area contributed by atoms with Gasteiger partial charge in [-0.05, 0) is 12.0 Å². The van der Waals surface area contributed by atoms with Gasteiger partial charge >= 0.3 is 6.18 Å². The lowest BCUT2D eigenvalue weighted by Gasteiger charge is -2.19. The topological polar surface area (TPSA) is 50.4 Å². The zero-order valence-corrected chi connectivity index (χ0v) is 7.07. The molecule has 0 amide bonds. The van der Waals surface area contributed by atoms with E-state index in [0.29, 0.717) is 12.0 Å². The van der Waals surface area contributed by atoms with Gasteiger partial charge in [-0.3, -0.25) is 4.99 Å². The third-order valence-electron chi connectivity index (χ3n) is 1.76. The number of hydrogen-bond acceptors (Lipinski definition) is 3. The minimum Gasteiger partial charge on any atom is -0.385 e. The normalized spacial score (nSPS) is 18.3. The molecule has 1 aliphatic rings. The summed E-state index contributed by atoms with van der Waals surface area (Å²) in [7, 11) is 0. The molecule has 1 heterocycles. The van der Waals surface area contributed by atoms with E-state index in [1.165, 1.54) is 0 Å². The Labute approximate surface area is 73.5 Å². The molecule has 0 unspecified atom stereocenters. The summed E-state index contributed by atoms with van der Waals surface area (Å²) in [5.41, 5.74) is 6.07. The lowest BCUT2D eigenvalue weighted by molar-refractivity contribution is -0.0617. The average molecular weight is 193 g/mol. The Kier molecular flexibility index (Phi) is 2.49. The number of nitrogens with two attached hydrogens (primary N) is 1. The summed E-state index contributed by atoms with van der Waals surface area (Å²) in [6.07, 6.45) is -3.84. The third kappa shape index (κ3) is 2.13. The fourth-order valence-electron chi connectivity index (χ4n) is 0.978. The molecule has 0 fully saturated rings. The molecule has 0 bridgehead atoms. The largest absolute Gasteiger partial charge is 0.449 e. The van der Waals surface area contributed by atoms with Crippen molar-refractivity contribution in [3.63, 3.8) is 0 Å². The molecule has 0 aromatic carbocycles. The Morgan fingerprint density at radius 1 is 1.54 bits per heavy atom. The second-order valence-electron chi connectivity index (χ2n) is 2.66. The molecule has 0 saturated carbocycles. The summed E-state index contributed by atoms with van der Waals surface area (Å²) >= 11 is 0. The molecular formula is C7H10F3N3. The fourth-order valence-corrected chi connectivity index (χ4v) is 0.978. The van der Waals surface area contributed by atoms with Crippen LogP contribution in [0, 0.1) is 0 Å². The number of amidine groups is 1. The lowest BCUT2D eigenvalue weighted by Crippen LogP contribution is -2.42. The van der Waals surface area contributed by atoms with Crippen molar-refractivity contribution in [3.8, 4) is 0 Å². The molecule has 0 radical (unpaired) electrons. The van der Waals surface area contributed by atoms with E-state index in [9.17, 15) is 13.2 Å². The smallest absolute Gasteiger partial charge is 0.385 e. The first-order valence-electron chi connectivity index (χ1n) is 3.81. The molecule has 0 aliphatic carbocycles. The summed E-state index contributed by atoms with van der Waals surface area (Å²) in [5.74, 6) is -0.938. The van der Waals surface area contributed by atoms with E-state index in [1.807, 2.05) is 12.2 Å². The Balaban J connectivity index is 2.76. The molecule has 1 aliphatic heterocycles. The highest BCUT2D eigenvalue weighted by molar-refractivity contribution is 5.89. The van der Waals surface area contributed by atoms with Crippen LogP contribution >= 0.6 is 0 Å². The van der Waals surface area contributed by atoms with Crippen molar-refractivity contribution in [1.29, 1.82) is 0 Å². The van der Waals surface area contributed by atoms with Crippen molar-refractivity contribution >= 4 is 5.84 Å². The second-order valence-corrected chi connectivity index (χ2v) is 2.66. The van der Waals surface area contributed by atoms with Gasteiger partial charge in [0.25, 0.3) is 0 Å². The minimum absolute atomic E-state index is 0.0319. The van der Waals surface area contributed by atoms with Gasteiger partial charge < -0.3 is 11.1 Å². The lowest BCUT2D eigenvalue weighted by atomic mass is 10.2. The van der Waals surface area contributed by atoms with Gasteiger partial charge in [0, 0.05) is 0 Å². The maximum Gasteiger partial charge on any atom is 0.449 e. The van der Waals surface area contributed by atoms with E-state index in [2.05, 4.69) is 4.99 Å². The van der Waals surface area contributed by atoms with Crippen molar-refractivity contribution in [2.45, 2.75) is 19.5 Å². The van der Waals surface area contributed by atoms with Crippen LogP contribution in [0.4, 0.5) is 13.2 Å². The summed E-state index contributed by atoms with van der Waals surface area (Å²) in [6.45, 7) is 1.85. The summed E-state index contributed by atoms with van der Waals surface area (Å²) in [5, 5.41) is 2.04. The van der Waals surface area contributed by atoms with Crippen molar-refractivity contribution < 1.29 is 13.2 Å². The van der Waals surface area contributed by atoms with Crippen LogP contribution in [0.1, 0.15) is 13.3 Å². The molecular weight excluding hydrogens is 183 g/mol. The summed E-state index contributed by atoms with van der Waals surface area (Å²) < 4.78 is 36.2. The first kappa shape index (κ1) is 9.88. The van der Waals surface area contributed by atoms with E-state index >= 15 is 0 Å². The van der Waals surface area contributed by atoms with Crippen LogP contribution in [-0.4, -0.2) is 18.6 Å². The number of halogens is 3. The van der Waals surface area contributed by atoms with Crippen LogP contribution in [-0.2, 0) is 0 Å². The Hall–Kier alpha value is -1.20. The van der Waals surface area contributed by atoms with Gasteiger partial charge in [0.05, 0.1) is 6.54 Å². The number of nitrogens with one attached hydrogen (secondary N) is 1. The fraction of sp³-hybridized carbons (Fsp3) is 0.571. The second kappa shape index (κ2) is 3.27. The van der Waals surface area contributed by atoms with E-state index in [0.717, 1.165) is 0 Å².